The Bertz CT molecular complexity index is 1040. The Hall–Kier alpha value is -3.48. The van der Waals surface area contributed by atoms with Gasteiger partial charge in [-0.2, -0.15) is 0 Å². The zero-order valence-corrected chi connectivity index (χ0v) is 18.1. The number of methoxy groups -OCH3 is 2. The van der Waals surface area contributed by atoms with E-state index in [1.807, 2.05) is 31.3 Å². The van der Waals surface area contributed by atoms with E-state index in [2.05, 4.69) is 16.4 Å². The van der Waals surface area contributed by atoms with Gasteiger partial charge < -0.3 is 24.5 Å². The predicted molar refractivity (Wildman–Crippen MR) is 118 cm³/mol. The van der Waals surface area contributed by atoms with Crippen molar-refractivity contribution in [3.8, 4) is 11.5 Å². The number of rotatable bonds is 10. The van der Waals surface area contributed by atoms with E-state index in [1.165, 1.54) is 5.56 Å². The molecule has 1 heterocycles. The summed E-state index contributed by atoms with van der Waals surface area (Å²) in [6.45, 7) is 1.51. The van der Waals surface area contributed by atoms with E-state index < -0.39 is 0 Å². The van der Waals surface area contributed by atoms with E-state index in [0.717, 1.165) is 22.9 Å². The molecule has 0 saturated heterocycles. The van der Waals surface area contributed by atoms with Gasteiger partial charge in [0.25, 0.3) is 5.91 Å². The van der Waals surface area contributed by atoms with Gasteiger partial charge in [0, 0.05) is 29.1 Å². The summed E-state index contributed by atoms with van der Waals surface area (Å²) in [5.74, 6) is 0.547. The molecule has 2 aromatic carbocycles. The van der Waals surface area contributed by atoms with Crippen LogP contribution in [0.4, 0.5) is 0 Å². The fraction of sp³-hybridized carbons (Fsp3) is 0.333. The zero-order valence-electron chi connectivity index (χ0n) is 18.1. The van der Waals surface area contributed by atoms with Crippen molar-refractivity contribution in [1.82, 2.24) is 10.3 Å². The fourth-order valence-corrected chi connectivity index (χ4v) is 3.52. The highest BCUT2D eigenvalue weighted by molar-refractivity contribution is 5.83. The first-order valence-corrected chi connectivity index (χ1v) is 10.2. The van der Waals surface area contributed by atoms with Gasteiger partial charge in [-0.15, -0.1) is 0 Å². The minimum atomic E-state index is -0.387. The second kappa shape index (κ2) is 10.5. The number of aromatic nitrogens is 1. The maximum absolute atomic E-state index is 12.2. The van der Waals surface area contributed by atoms with Gasteiger partial charge in [-0.25, -0.2) is 0 Å². The highest BCUT2D eigenvalue weighted by Crippen LogP contribution is 2.29. The van der Waals surface area contributed by atoms with Crippen molar-refractivity contribution in [2.45, 2.75) is 32.2 Å². The van der Waals surface area contributed by atoms with Crippen molar-refractivity contribution in [2.24, 2.45) is 0 Å². The quantitative estimate of drug-likeness (QED) is 0.482. The summed E-state index contributed by atoms with van der Waals surface area (Å²) in [6.07, 6.45) is 3.64. The first kappa shape index (κ1) is 22.2. The van der Waals surface area contributed by atoms with E-state index in [9.17, 15) is 9.59 Å². The van der Waals surface area contributed by atoms with Crippen molar-refractivity contribution < 1.29 is 23.8 Å². The predicted octanol–water partition coefficient (Wildman–Crippen LogP) is 3.93. The van der Waals surface area contributed by atoms with Crippen LogP contribution >= 0.6 is 0 Å². The first-order valence-electron chi connectivity index (χ1n) is 10.2. The van der Waals surface area contributed by atoms with E-state index >= 15 is 0 Å². The molecule has 1 aromatic heterocycles. The van der Waals surface area contributed by atoms with Gasteiger partial charge >= 0.3 is 5.97 Å². The summed E-state index contributed by atoms with van der Waals surface area (Å²) < 4.78 is 15.7. The number of esters is 1. The lowest BCUT2D eigenvalue weighted by molar-refractivity contribution is -0.148. The molecular formula is C24H28N2O5. The monoisotopic (exact) mass is 424 g/mol. The number of hydrogen-bond acceptors (Lipinski definition) is 5. The molecule has 0 aliphatic rings. The van der Waals surface area contributed by atoms with Crippen molar-refractivity contribution in [2.75, 3.05) is 20.8 Å². The number of aryl methyl sites for hydroxylation is 1. The highest BCUT2D eigenvalue weighted by Gasteiger charge is 2.16. The van der Waals surface area contributed by atoms with Crippen molar-refractivity contribution >= 4 is 22.8 Å². The van der Waals surface area contributed by atoms with E-state index in [0.29, 0.717) is 17.9 Å². The lowest BCUT2D eigenvalue weighted by Crippen LogP contribution is -2.31. The third-order valence-electron chi connectivity index (χ3n) is 5.15. The Morgan fingerprint density at radius 1 is 1.10 bits per heavy atom. The topological polar surface area (TPSA) is 89.7 Å². The van der Waals surface area contributed by atoms with Crippen molar-refractivity contribution in [3.63, 3.8) is 0 Å². The van der Waals surface area contributed by atoms with Crippen LogP contribution in [0, 0.1) is 0 Å². The molecule has 1 amide bonds. The van der Waals surface area contributed by atoms with Gasteiger partial charge in [0.05, 0.1) is 20.3 Å². The van der Waals surface area contributed by atoms with Crippen LogP contribution in [-0.4, -0.2) is 37.7 Å². The van der Waals surface area contributed by atoms with Crippen LogP contribution in [-0.2, 0) is 20.7 Å². The van der Waals surface area contributed by atoms with Gasteiger partial charge in [-0.3, -0.25) is 9.59 Å². The lowest BCUT2D eigenvalue weighted by Gasteiger charge is -2.18. The van der Waals surface area contributed by atoms with E-state index in [1.54, 1.807) is 32.4 Å². The highest BCUT2D eigenvalue weighted by atomic mass is 16.5. The van der Waals surface area contributed by atoms with Crippen LogP contribution in [0.3, 0.4) is 0 Å². The van der Waals surface area contributed by atoms with E-state index in [-0.39, 0.29) is 30.9 Å². The Kier molecular flexibility index (Phi) is 7.54. The normalized spacial score (nSPS) is 11.7. The summed E-state index contributed by atoms with van der Waals surface area (Å²) in [5, 5.41) is 3.98. The molecule has 1 atom stereocenters. The molecule has 3 rings (SSSR count). The minimum Gasteiger partial charge on any atom is -0.497 e. The summed E-state index contributed by atoms with van der Waals surface area (Å²) in [4.78, 5) is 27.5. The SMILES string of the molecule is COc1ccc(OC)c(C(C)NC(=O)COC(=O)CCCc2c[nH]c3ccccc23)c1. The Labute approximate surface area is 181 Å². The molecule has 7 heteroatoms. The lowest BCUT2D eigenvalue weighted by atomic mass is 10.1. The minimum absolute atomic E-state index is 0.256. The van der Waals surface area contributed by atoms with Crippen molar-refractivity contribution in [3.05, 3.63) is 59.8 Å². The Morgan fingerprint density at radius 3 is 2.68 bits per heavy atom. The molecule has 164 valence electrons. The number of H-pyrrole nitrogens is 1. The molecule has 31 heavy (non-hydrogen) atoms. The first-order chi connectivity index (χ1) is 15.0. The summed E-state index contributed by atoms with van der Waals surface area (Å²) in [6, 6.07) is 13.1. The molecule has 0 saturated carbocycles. The van der Waals surface area contributed by atoms with Gasteiger partial charge in [-0.1, -0.05) is 18.2 Å². The van der Waals surface area contributed by atoms with Crippen LogP contribution in [0.15, 0.2) is 48.7 Å². The average molecular weight is 424 g/mol. The number of para-hydroxylation sites is 1. The summed E-state index contributed by atoms with van der Waals surface area (Å²) in [5.41, 5.74) is 3.03. The van der Waals surface area contributed by atoms with Crippen LogP contribution in [0.25, 0.3) is 10.9 Å². The molecule has 7 nitrogen and oxygen atoms in total. The number of nitrogens with one attached hydrogen (secondary N) is 2. The number of carbonyl (C=O) groups is 2. The largest absolute Gasteiger partial charge is 0.497 e. The van der Waals surface area contributed by atoms with Gasteiger partial charge in [0.2, 0.25) is 0 Å². The number of amides is 1. The zero-order chi connectivity index (χ0) is 22.2. The van der Waals surface area contributed by atoms with Gasteiger partial charge in [-0.05, 0) is 49.6 Å². The third kappa shape index (κ3) is 5.78. The molecule has 0 aliphatic carbocycles. The molecule has 3 aromatic rings. The van der Waals surface area contributed by atoms with Crippen LogP contribution in [0.1, 0.15) is 36.9 Å². The molecular weight excluding hydrogens is 396 g/mol. The molecule has 0 fully saturated rings. The second-order valence-electron chi connectivity index (χ2n) is 7.27. The maximum atomic E-state index is 12.2. The number of aromatic amines is 1. The fourth-order valence-electron chi connectivity index (χ4n) is 3.52. The Balaban J connectivity index is 1.43. The standard InChI is InChI=1S/C24H28N2O5/c1-16(20-13-18(29-2)11-12-22(20)30-3)26-23(27)15-31-24(28)10-6-7-17-14-25-21-9-5-4-8-19(17)21/h4-5,8-9,11-14,16,25H,6-7,10,15H2,1-3H3,(H,26,27). The molecule has 0 aliphatic heterocycles. The average Bonchev–Trinajstić information content (AvgIpc) is 3.20. The van der Waals surface area contributed by atoms with Crippen LogP contribution in [0.5, 0.6) is 11.5 Å². The number of carbonyl (C=O) groups excluding carboxylic acids is 2. The number of hydrogen-bond donors (Lipinski definition) is 2. The molecule has 0 spiro atoms. The smallest absolute Gasteiger partial charge is 0.306 e. The van der Waals surface area contributed by atoms with Crippen molar-refractivity contribution in [1.29, 1.82) is 0 Å². The molecule has 1 unspecified atom stereocenters. The number of benzene rings is 2. The number of fused-ring (bicyclic) bond motifs is 1. The summed E-state index contributed by atoms with van der Waals surface area (Å²) in [7, 11) is 3.14. The molecule has 2 N–H and O–H groups in total. The van der Waals surface area contributed by atoms with E-state index in [4.69, 9.17) is 14.2 Å². The van der Waals surface area contributed by atoms with Gasteiger partial charge in [0.1, 0.15) is 11.5 Å². The number of ether oxygens (including phenoxy) is 3. The van der Waals surface area contributed by atoms with Gasteiger partial charge in [0.15, 0.2) is 6.61 Å². The molecule has 0 bridgehead atoms. The van der Waals surface area contributed by atoms with Crippen LogP contribution < -0.4 is 14.8 Å². The second-order valence-corrected chi connectivity index (χ2v) is 7.27. The summed E-state index contributed by atoms with van der Waals surface area (Å²) >= 11 is 0. The molecule has 0 radical (unpaired) electrons. The maximum Gasteiger partial charge on any atom is 0.306 e. The third-order valence-corrected chi connectivity index (χ3v) is 5.15. The Morgan fingerprint density at radius 2 is 1.90 bits per heavy atom. The van der Waals surface area contributed by atoms with Crippen LogP contribution in [0.2, 0.25) is 0 Å².